The first-order valence-corrected chi connectivity index (χ1v) is 8.08. The number of halogens is 1. The van der Waals surface area contributed by atoms with E-state index in [0.29, 0.717) is 30.3 Å². The Labute approximate surface area is 147 Å². The fourth-order valence-electron chi connectivity index (χ4n) is 2.84. The van der Waals surface area contributed by atoms with Crippen LogP contribution in [0.15, 0.2) is 45.7 Å². The molecule has 0 atom stereocenters. The second kappa shape index (κ2) is 6.18. The number of aromatic amines is 1. The van der Waals surface area contributed by atoms with E-state index in [0.717, 1.165) is 16.8 Å². The minimum Gasteiger partial charge on any atom is -0.356 e. The highest BCUT2D eigenvalue weighted by molar-refractivity contribution is 6.30. The smallest absolute Gasteiger partial charge is 0.274 e. The lowest BCUT2D eigenvalue weighted by Crippen LogP contribution is -2.36. The molecule has 2 aromatic heterocycles. The summed E-state index contributed by atoms with van der Waals surface area (Å²) >= 11 is 5.93. The van der Waals surface area contributed by atoms with Crippen molar-refractivity contribution in [3.8, 4) is 11.3 Å². The van der Waals surface area contributed by atoms with Crippen molar-refractivity contribution in [2.24, 2.45) is 0 Å². The second-order valence-corrected chi connectivity index (χ2v) is 6.16. The van der Waals surface area contributed by atoms with E-state index < -0.39 is 0 Å². The van der Waals surface area contributed by atoms with Crippen LogP contribution in [-0.4, -0.2) is 32.7 Å². The normalized spacial score (nSPS) is 13.6. The van der Waals surface area contributed by atoms with E-state index in [1.165, 1.54) is 12.1 Å². The highest BCUT2D eigenvalue weighted by Crippen LogP contribution is 2.31. The van der Waals surface area contributed by atoms with E-state index >= 15 is 0 Å². The summed E-state index contributed by atoms with van der Waals surface area (Å²) in [7, 11) is 0. The maximum absolute atomic E-state index is 12.6. The fraction of sp³-hybridized carbons (Fsp3) is 0.176. The molecule has 0 saturated heterocycles. The number of benzene rings is 1. The van der Waals surface area contributed by atoms with Gasteiger partial charge >= 0.3 is 0 Å². The van der Waals surface area contributed by atoms with Gasteiger partial charge in [-0.15, -0.1) is 0 Å². The molecule has 1 aliphatic rings. The van der Waals surface area contributed by atoms with Gasteiger partial charge in [0.15, 0.2) is 5.76 Å². The molecule has 1 N–H and O–H groups in total. The Balaban J connectivity index is 1.63. The maximum atomic E-state index is 12.6. The Morgan fingerprint density at radius 1 is 1.20 bits per heavy atom. The first kappa shape index (κ1) is 15.6. The second-order valence-electron chi connectivity index (χ2n) is 5.73. The van der Waals surface area contributed by atoms with Crippen LogP contribution >= 0.6 is 11.6 Å². The fourth-order valence-corrected chi connectivity index (χ4v) is 2.97. The monoisotopic (exact) mass is 356 g/mol. The molecule has 8 heteroatoms. The van der Waals surface area contributed by atoms with Gasteiger partial charge in [-0.3, -0.25) is 9.59 Å². The zero-order chi connectivity index (χ0) is 17.4. The van der Waals surface area contributed by atoms with Crippen LogP contribution in [-0.2, 0) is 13.0 Å². The molecule has 1 aromatic carbocycles. The van der Waals surface area contributed by atoms with Crippen molar-refractivity contribution in [3.63, 3.8) is 0 Å². The molecule has 1 amide bonds. The van der Waals surface area contributed by atoms with E-state index in [2.05, 4.69) is 15.4 Å². The summed E-state index contributed by atoms with van der Waals surface area (Å²) in [6.45, 7) is 0.885. The molecule has 0 unspecified atom stereocenters. The van der Waals surface area contributed by atoms with Crippen LogP contribution in [0.4, 0.5) is 0 Å². The number of hydrogen-bond acceptors (Lipinski definition) is 5. The molecule has 0 fully saturated rings. The number of nitrogens with one attached hydrogen (secondary N) is 1. The third-order valence-corrected chi connectivity index (χ3v) is 4.38. The number of carbonyl (C=O) groups excluding carboxylic acids is 1. The highest BCUT2D eigenvalue weighted by Gasteiger charge is 2.28. The maximum Gasteiger partial charge on any atom is 0.274 e. The first-order chi connectivity index (χ1) is 12.1. The van der Waals surface area contributed by atoms with E-state index in [9.17, 15) is 9.59 Å². The molecule has 7 nitrogen and oxygen atoms in total. The highest BCUT2D eigenvalue weighted by atomic mass is 35.5. The lowest BCUT2D eigenvalue weighted by molar-refractivity contribution is 0.0727. The molecular weight excluding hydrogens is 344 g/mol. The van der Waals surface area contributed by atoms with E-state index in [1.54, 1.807) is 17.0 Å². The molecule has 25 heavy (non-hydrogen) atoms. The van der Waals surface area contributed by atoms with Gasteiger partial charge in [0.1, 0.15) is 5.69 Å². The summed E-state index contributed by atoms with van der Waals surface area (Å²) in [5.74, 6) is 0.392. The summed E-state index contributed by atoms with van der Waals surface area (Å²) in [6.07, 6.45) is 0.599. The summed E-state index contributed by atoms with van der Waals surface area (Å²) in [5, 5.41) is 10.8. The number of amides is 1. The van der Waals surface area contributed by atoms with Gasteiger partial charge < -0.3 is 9.42 Å². The number of carbonyl (C=O) groups is 1. The zero-order valence-electron chi connectivity index (χ0n) is 13.0. The van der Waals surface area contributed by atoms with Crippen molar-refractivity contribution in [2.75, 3.05) is 6.54 Å². The number of nitrogens with zero attached hydrogens (tertiary/aromatic N) is 3. The van der Waals surface area contributed by atoms with Gasteiger partial charge in [0.2, 0.25) is 0 Å². The topological polar surface area (TPSA) is 92.1 Å². The first-order valence-electron chi connectivity index (χ1n) is 7.70. The summed E-state index contributed by atoms with van der Waals surface area (Å²) in [5.41, 5.74) is 2.44. The number of aromatic nitrogens is 3. The Kier molecular flexibility index (Phi) is 3.85. The molecular formula is C17H13ClN4O3. The van der Waals surface area contributed by atoms with Gasteiger partial charge in [-0.25, -0.2) is 5.10 Å². The van der Waals surface area contributed by atoms with Gasteiger partial charge in [0, 0.05) is 35.2 Å². The molecule has 0 bridgehead atoms. The van der Waals surface area contributed by atoms with Crippen LogP contribution in [0.2, 0.25) is 5.02 Å². The van der Waals surface area contributed by atoms with Crippen molar-refractivity contribution in [1.29, 1.82) is 0 Å². The molecule has 0 spiro atoms. The molecule has 4 rings (SSSR count). The van der Waals surface area contributed by atoms with Crippen molar-refractivity contribution in [1.82, 2.24) is 20.3 Å². The summed E-state index contributed by atoms with van der Waals surface area (Å²) < 4.78 is 5.50. The van der Waals surface area contributed by atoms with Crippen LogP contribution < -0.4 is 5.56 Å². The molecule has 1 aliphatic heterocycles. The standard InChI is InChI=1S/C17H13ClN4O3/c18-11-3-1-10(2-4-11)16-12-9-22(8-7-13(12)21-25-16)17(24)14-5-6-15(23)20-19-14/h1-6H,7-9H2,(H,20,23). The SMILES string of the molecule is O=C(c1ccc(=O)[nH]n1)N1CCc2noc(-c3ccc(Cl)cc3)c2C1. The third kappa shape index (κ3) is 2.94. The third-order valence-electron chi connectivity index (χ3n) is 4.13. The zero-order valence-corrected chi connectivity index (χ0v) is 13.8. The molecule has 3 heterocycles. The Morgan fingerprint density at radius 2 is 2.00 bits per heavy atom. The Morgan fingerprint density at radius 3 is 2.72 bits per heavy atom. The Hall–Kier alpha value is -2.93. The predicted octanol–water partition coefficient (Wildman–Crippen LogP) is 2.28. The number of fused-ring (bicyclic) bond motifs is 1. The number of hydrogen-bond donors (Lipinski definition) is 1. The van der Waals surface area contributed by atoms with Gasteiger partial charge in [-0.05, 0) is 30.3 Å². The van der Waals surface area contributed by atoms with Crippen LogP contribution in [0.5, 0.6) is 0 Å². The van der Waals surface area contributed by atoms with Gasteiger partial charge in [-0.2, -0.15) is 5.10 Å². The number of H-pyrrole nitrogens is 1. The number of rotatable bonds is 2. The lowest BCUT2D eigenvalue weighted by atomic mass is 10.0. The van der Waals surface area contributed by atoms with Gasteiger partial charge in [-0.1, -0.05) is 16.8 Å². The van der Waals surface area contributed by atoms with Gasteiger partial charge in [0.05, 0.1) is 12.2 Å². The molecule has 0 aliphatic carbocycles. The van der Waals surface area contributed by atoms with Crippen molar-refractivity contribution < 1.29 is 9.32 Å². The average Bonchev–Trinajstić information content (AvgIpc) is 3.05. The van der Waals surface area contributed by atoms with E-state index in [4.69, 9.17) is 16.1 Å². The van der Waals surface area contributed by atoms with E-state index in [1.807, 2.05) is 12.1 Å². The van der Waals surface area contributed by atoms with Gasteiger partial charge in [0.25, 0.3) is 11.5 Å². The average molecular weight is 357 g/mol. The van der Waals surface area contributed by atoms with Crippen LogP contribution in [0.3, 0.4) is 0 Å². The summed E-state index contributed by atoms with van der Waals surface area (Å²) in [6, 6.07) is 9.98. The van der Waals surface area contributed by atoms with Crippen LogP contribution in [0.25, 0.3) is 11.3 Å². The van der Waals surface area contributed by atoms with E-state index in [-0.39, 0.29) is 17.2 Å². The minimum absolute atomic E-state index is 0.201. The minimum atomic E-state index is -0.346. The molecule has 3 aromatic rings. The molecule has 126 valence electrons. The molecule has 0 saturated carbocycles. The molecule has 0 radical (unpaired) electrons. The van der Waals surface area contributed by atoms with Crippen LogP contribution in [0, 0.1) is 0 Å². The quantitative estimate of drug-likeness (QED) is 0.760. The van der Waals surface area contributed by atoms with Crippen LogP contribution in [0.1, 0.15) is 21.7 Å². The van der Waals surface area contributed by atoms with Crippen molar-refractivity contribution in [3.05, 3.63) is 68.7 Å². The lowest BCUT2D eigenvalue weighted by Gasteiger charge is -2.25. The van der Waals surface area contributed by atoms with Crippen molar-refractivity contribution in [2.45, 2.75) is 13.0 Å². The van der Waals surface area contributed by atoms with Crippen molar-refractivity contribution >= 4 is 17.5 Å². The Bertz CT molecular complexity index is 973. The largest absolute Gasteiger partial charge is 0.356 e. The predicted molar refractivity (Wildman–Crippen MR) is 90.3 cm³/mol. The summed E-state index contributed by atoms with van der Waals surface area (Å²) in [4.78, 5) is 25.4.